The molecule has 1 atom stereocenters. The van der Waals surface area contributed by atoms with Crippen LogP contribution in [-0.4, -0.2) is 17.1 Å². The van der Waals surface area contributed by atoms with Crippen molar-refractivity contribution in [1.82, 2.24) is 0 Å². The van der Waals surface area contributed by atoms with E-state index in [-0.39, 0.29) is 5.57 Å². The van der Waals surface area contributed by atoms with Gasteiger partial charge in [-0.1, -0.05) is 5.73 Å². The molecule has 1 unspecified atom stereocenters. The number of nitrogens with two attached hydrogens (primary N) is 2. The Bertz CT molecular complexity index is 285. The van der Waals surface area contributed by atoms with Crippen LogP contribution in [0.15, 0.2) is 29.2 Å². The van der Waals surface area contributed by atoms with Gasteiger partial charge in [0.25, 0.3) is 0 Å². The molecule has 5 N–H and O–H groups in total. The van der Waals surface area contributed by atoms with E-state index in [2.05, 4.69) is 5.73 Å². The van der Waals surface area contributed by atoms with Crippen LogP contribution in [0.5, 0.6) is 0 Å². The van der Waals surface area contributed by atoms with Gasteiger partial charge in [0.05, 0.1) is 17.3 Å². The quantitative estimate of drug-likeness (QED) is 0.435. The van der Waals surface area contributed by atoms with E-state index in [0.29, 0.717) is 5.70 Å². The summed E-state index contributed by atoms with van der Waals surface area (Å²) in [5.41, 5.74) is 13.7. The van der Waals surface area contributed by atoms with Gasteiger partial charge in [-0.2, -0.15) is 0 Å². The highest BCUT2D eigenvalue weighted by atomic mass is 16.4. The predicted octanol–water partition coefficient (Wildman–Crippen LogP) is -0.664. The molecule has 0 radical (unpaired) electrons. The molecule has 0 amide bonds. The molecule has 0 spiro atoms. The minimum absolute atomic E-state index is 0.0984. The lowest BCUT2D eigenvalue weighted by Crippen LogP contribution is -2.26. The molecule has 4 heteroatoms. The van der Waals surface area contributed by atoms with E-state index in [4.69, 9.17) is 16.6 Å². The fourth-order valence-electron chi connectivity index (χ4n) is 0.786. The van der Waals surface area contributed by atoms with Crippen molar-refractivity contribution in [2.24, 2.45) is 11.5 Å². The zero-order valence-electron chi connectivity index (χ0n) is 5.74. The highest BCUT2D eigenvalue weighted by Crippen LogP contribution is 2.07. The molecule has 1 aliphatic rings. The Labute approximate surface area is 63.5 Å². The van der Waals surface area contributed by atoms with Crippen molar-refractivity contribution in [3.63, 3.8) is 0 Å². The van der Waals surface area contributed by atoms with E-state index in [0.717, 1.165) is 0 Å². The molecule has 4 nitrogen and oxygen atoms in total. The first-order chi connectivity index (χ1) is 5.11. The van der Waals surface area contributed by atoms with Crippen molar-refractivity contribution in [3.8, 4) is 0 Å². The molecule has 0 aliphatic heterocycles. The maximum Gasteiger partial charge on any atom is 0.333 e. The van der Waals surface area contributed by atoms with Gasteiger partial charge in [-0.25, -0.2) is 4.79 Å². The summed E-state index contributed by atoms with van der Waals surface area (Å²) in [5.74, 6) is -1.04. The molecular weight excluding hydrogens is 144 g/mol. The zero-order chi connectivity index (χ0) is 8.43. The first-order valence-corrected chi connectivity index (χ1v) is 3.04. The molecular formula is C7H8N2O2. The highest BCUT2D eigenvalue weighted by Gasteiger charge is 2.16. The Hall–Kier alpha value is -1.51. The van der Waals surface area contributed by atoms with E-state index in [1.165, 1.54) is 12.2 Å². The van der Waals surface area contributed by atoms with Gasteiger partial charge in [-0.15, -0.1) is 0 Å². The smallest absolute Gasteiger partial charge is 0.333 e. The van der Waals surface area contributed by atoms with Gasteiger partial charge < -0.3 is 16.6 Å². The monoisotopic (exact) mass is 152 g/mol. The Morgan fingerprint density at radius 1 is 1.73 bits per heavy atom. The van der Waals surface area contributed by atoms with Gasteiger partial charge in [-0.3, -0.25) is 0 Å². The number of carboxylic acids is 1. The molecule has 58 valence electrons. The van der Waals surface area contributed by atoms with Crippen LogP contribution in [0.2, 0.25) is 0 Å². The van der Waals surface area contributed by atoms with Crippen LogP contribution >= 0.6 is 0 Å². The summed E-state index contributed by atoms with van der Waals surface area (Å²) in [6, 6.07) is -0.597. The second kappa shape index (κ2) is 2.62. The number of hydrogen-bond acceptors (Lipinski definition) is 3. The van der Waals surface area contributed by atoms with Crippen molar-refractivity contribution < 1.29 is 9.90 Å². The minimum Gasteiger partial charge on any atom is -0.478 e. The lowest BCUT2D eigenvalue weighted by atomic mass is 10.0. The molecule has 11 heavy (non-hydrogen) atoms. The van der Waals surface area contributed by atoms with Crippen LogP contribution in [-0.2, 0) is 4.79 Å². The number of hydrogen-bond donors (Lipinski definition) is 3. The summed E-state index contributed by atoms with van der Waals surface area (Å²) in [4.78, 5) is 10.4. The second-order valence-corrected chi connectivity index (χ2v) is 2.20. The Balaban J connectivity index is 3.02. The Morgan fingerprint density at radius 2 is 2.36 bits per heavy atom. The summed E-state index contributed by atoms with van der Waals surface area (Å²) in [6.45, 7) is 0. The maximum absolute atomic E-state index is 10.4. The molecule has 0 bridgehead atoms. The van der Waals surface area contributed by atoms with E-state index in [1.54, 1.807) is 0 Å². The normalized spacial score (nSPS) is 22.5. The van der Waals surface area contributed by atoms with Gasteiger partial charge >= 0.3 is 5.97 Å². The SMILES string of the molecule is NC1=C=CC(N)C(C(=O)O)=C1. The summed E-state index contributed by atoms with van der Waals surface area (Å²) in [5, 5.41) is 8.56. The molecule has 0 heterocycles. The second-order valence-electron chi connectivity index (χ2n) is 2.20. The Morgan fingerprint density at radius 3 is 2.82 bits per heavy atom. The standard InChI is InChI=1S/C7H8N2O2/c8-4-1-2-6(9)5(3-4)7(10)11/h2-3,6H,8-9H2,(H,10,11). The van der Waals surface area contributed by atoms with Crippen LogP contribution < -0.4 is 11.5 Å². The third-order valence-corrected chi connectivity index (χ3v) is 1.35. The average Bonchev–Trinajstić information content (AvgIpc) is 1.94. The van der Waals surface area contributed by atoms with Crippen molar-refractivity contribution >= 4 is 5.97 Å². The van der Waals surface area contributed by atoms with Gasteiger partial charge in [-0.05, 0) is 12.2 Å². The lowest BCUT2D eigenvalue weighted by Gasteiger charge is -2.09. The van der Waals surface area contributed by atoms with Crippen molar-refractivity contribution in [1.29, 1.82) is 0 Å². The molecule has 0 aromatic heterocycles. The van der Waals surface area contributed by atoms with E-state index < -0.39 is 12.0 Å². The molecule has 0 saturated carbocycles. The Kier molecular flexibility index (Phi) is 1.81. The van der Waals surface area contributed by atoms with Gasteiger partial charge in [0, 0.05) is 0 Å². The first-order valence-electron chi connectivity index (χ1n) is 3.04. The zero-order valence-corrected chi connectivity index (χ0v) is 5.74. The molecule has 0 fully saturated rings. The summed E-state index contributed by atoms with van der Waals surface area (Å²) < 4.78 is 0. The number of rotatable bonds is 1. The van der Waals surface area contributed by atoms with Crippen LogP contribution in [0.3, 0.4) is 0 Å². The maximum atomic E-state index is 10.4. The fourth-order valence-corrected chi connectivity index (χ4v) is 0.786. The predicted molar refractivity (Wildman–Crippen MR) is 39.5 cm³/mol. The minimum atomic E-state index is -1.04. The molecule has 0 aromatic carbocycles. The lowest BCUT2D eigenvalue weighted by molar-refractivity contribution is -0.132. The van der Waals surface area contributed by atoms with Crippen LogP contribution in [0.4, 0.5) is 0 Å². The third kappa shape index (κ3) is 1.49. The fraction of sp³-hybridized carbons (Fsp3) is 0.143. The molecule has 0 saturated heterocycles. The summed E-state index contributed by atoms with van der Waals surface area (Å²) >= 11 is 0. The van der Waals surface area contributed by atoms with E-state index in [1.807, 2.05) is 0 Å². The molecule has 1 aliphatic carbocycles. The van der Waals surface area contributed by atoms with Gasteiger partial charge in [0.2, 0.25) is 0 Å². The van der Waals surface area contributed by atoms with Crippen LogP contribution in [0, 0.1) is 0 Å². The van der Waals surface area contributed by atoms with Crippen LogP contribution in [0.25, 0.3) is 0 Å². The number of carbonyl (C=O) groups is 1. The largest absolute Gasteiger partial charge is 0.478 e. The van der Waals surface area contributed by atoms with Crippen molar-refractivity contribution in [2.45, 2.75) is 6.04 Å². The van der Waals surface area contributed by atoms with Gasteiger partial charge in [0.1, 0.15) is 0 Å². The topological polar surface area (TPSA) is 89.3 Å². The average molecular weight is 152 g/mol. The first kappa shape index (κ1) is 7.60. The van der Waals surface area contributed by atoms with E-state index in [9.17, 15) is 4.79 Å². The number of carboxylic acid groups (broad SMARTS) is 1. The number of aliphatic carboxylic acids is 1. The molecule has 0 aromatic rings. The molecule has 1 rings (SSSR count). The van der Waals surface area contributed by atoms with Crippen molar-refractivity contribution in [3.05, 3.63) is 29.2 Å². The van der Waals surface area contributed by atoms with Crippen LogP contribution in [0.1, 0.15) is 0 Å². The summed E-state index contributed by atoms with van der Waals surface area (Å²) in [6.07, 6.45) is 2.74. The van der Waals surface area contributed by atoms with Crippen molar-refractivity contribution in [2.75, 3.05) is 0 Å². The third-order valence-electron chi connectivity index (χ3n) is 1.35. The van der Waals surface area contributed by atoms with E-state index >= 15 is 0 Å². The highest BCUT2D eigenvalue weighted by molar-refractivity contribution is 5.89. The summed E-state index contributed by atoms with van der Waals surface area (Å²) in [7, 11) is 0. The van der Waals surface area contributed by atoms with Gasteiger partial charge in [0.15, 0.2) is 0 Å².